The van der Waals surface area contributed by atoms with Crippen molar-refractivity contribution in [1.82, 2.24) is 13.9 Å². The topological polar surface area (TPSA) is 61.9 Å². The van der Waals surface area contributed by atoms with Gasteiger partial charge in [-0.05, 0) is 49.9 Å². The molecule has 0 unspecified atom stereocenters. The van der Waals surface area contributed by atoms with Gasteiger partial charge in [-0.3, -0.25) is 0 Å². The quantitative estimate of drug-likeness (QED) is 0.748. The lowest BCUT2D eigenvalue weighted by molar-refractivity contribution is 0.185. The minimum atomic E-state index is -3.32. The number of hydrogen-bond donors (Lipinski definition) is 1. The molecule has 0 amide bonds. The number of nitrogens with one attached hydrogen (secondary N) is 1. The van der Waals surface area contributed by atoms with Gasteiger partial charge in [-0.15, -0.1) is 0 Å². The molecule has 1 saturated heterocycles. The van der Waals surface area contributed by atoms with Crippen LogP contribution in [0.4, 0.5) is 0 Å². The molecule has 1 aliphatic heterocycles. The first-order valence-corrected chi connectivity index (χ1v) is 11.1. The van der Waals surface area contributed by atoms with Crippen molar-refractivity contribution >= 4 is 10.2 Å². The normalized spacial score (nSPS) is 20.5. The Morgan fingerprint density at radius 1 is 1.08 bits per heavy atom. The van der Waals surface area contributed by atoms with Crippen molar-refractivity contribution in [1.29, 1.82) is 0 Å². The van der Waals surface area contributed by atoms with Crippen molar-refractivity contribution in [3.8, 4) is 5.75 Å². The van der Waals surface area contributed by atoms with Crippen LogP contribution in [0, 0.1) is 0 Å². The average Bonchev–Trinajstić information content (AvgIpc) is 3.15. The van der Waals surface area contributed by atoms with Crippen molar-refractivity contribution in [3.63, 3.8) is 0 Å². The molecule has 1 saturated carbocycles. The summed E-state index contributed by atoms with van der Waals surface area (Å²) in [4.78, 5) is 2.37. The zero-order chi connectivity index (χ0) is 18.4. The number of nitrogens with zero attached hydrogens (tertiary/aromatic N) is 2. The van der Waals surface area contributed by atoms with E-state index in [1.54, 1.807) is 11.4 Å². The van der Waals surface area contributed by atoms with Gasteiger partial charge in [-0.2, -0.15) is 17.4 Å². The highest BCUT2D eigenvalue weighted by molar-refractivity contribution is 7.87. The molecule has 146 valence electrons. The van der Waals surface area contributed by atoms with Crippen molar-refractivity contribution in [2.45, 2.75) is 44.6 Å². The Balaban J connectivity index is 1.37. The first-order chi connectivity index (χ1) is 12.6. The molecule has 1 aliphatic carbocycles. The number of benzene rings is 1. The summed E-state index contributed by atoms with van der Waals surface area (Å²) < 4.78 is 34.7. The van der Waals surface area contributed by atoms with E-state index in [4.69, 9.17) is 4.74 Å². The van der Waals surface area contributed by atoms with E-state index in [1.807, 2.05) is 12.1 Å². The molecule has 0 spiro atoms. The Labute approximate surface area is 157 Å². The third kappa shape index (κ3) is 5.42. The summed E-state index contributed by atoms with van der Waals surface area (Å²) in [6.07, 6.45) is 6.34. The Hall–Kier alpha value is -1.15. The minimum absolute atomic E-state index is 0.141. The van der Waals surface area contributed by atoms with Gasteiger partial charge in [0.05, 0.1) is 7.11 Å². The summed E-state index contributed by atoms with van der Waals surface area (Å²) in [5.74, 6) is 0.886. The van der Waals surface area contributed by atoms with Crippen LogP contribution in [-0.2, 0) is 16.6 Å². The second-order valence-corrected chi connectivity index (χ2v) is 9.00. The first-order valence-electron chi connectivity index (χ1n) is 9.69. The molecule has 1 aromatic carbocycles. The van der Waals surface area contributed by atoms with E-state index < -0.39 is 10.2 Å². The molecule has 0 atom stereocenters. The Bertz CT molecular complexity index is 649. The third-order valence-electron chi connectivity index (χ3n) is 5.44. The predicted octanol–water partition coefficient (Wildman–Crippen LogP) is 2.02. The first kappa shape index (κ1) is 19.6. The average molecular weight is 382 g/mol. The van der Waals surface area contributed by atoms with Crippen LogP contribution in [0.1, 0.15) is 37.7 Å². The molecule has 0 radical (unpaired) electrons. The fraction of sp³-hybridized carbons (Fsp3) is 0.684. The van der Waals surface area contributed by atoms with E-state index in [9.17, 15) is 8.42 Å². The molecule has 7 heteroatoms. The Morgan fingerprint density at radius 3 is 2.35 bits per heavy atom. The number of hydrogen-bond acceptors (Lipinski definition) is 4. The molecule has 1 heterocycles. The van der Waals surface area contributed by atoms with E-state index in [0.717, 1.165) is 63.9 Å². The number of methoxy groups -OCH3 is 1. The van der Waals surface area contributed by atoms with Gasteiger partial charge < -0.3 is 9.64 Å². The van der Waals surface area contributed by atoms with Crippen LogP contribution in [0.15, 0.2) is 24.3 Å². The summed E-state index contributed by atoms with van der Waals surface area (Å²) in [7, 11) is -1.64. The third-order valence-corrected chi connectivity index (χ3v) is 7.12. The van der Waals surface area contributed by atoms with Crippen LogP contribution in [-0.4, -0.2) is 63.5 Å². The fourth-order valence-corrected chi connectivity index (χ4v) is 5.27. The molecule has 26 heavy (non-hydrogen) atoms. The van der Waals surface area contributed by atoms with Gasteiger partial charge in [-0.25, -0.2) is 0 Å². The lowest BCUT2D eigenvalue weighted by Gasteiger charge is -2.34. The van der Waals surface area contributed by atoms with Gasteiger partial charge in [0, 0.05) is 32.2 Å². The zero-order valence-electron chi connectivity index (χ0n) is 15.7. The highest BCUT2D eigenvalue weighted by atomic mass is 32.2. The molecule has 0 bridgehead atoms. The van der Waals surface area contributed by atoms with Crippen molar-refractivity contribution in [2.24, 2.45) is 0 Å². The number of aryl methyl sites for hydroxylation is 1. The highest BCUT2D eigenvalue weighted by Gasteiger charge is 2.29. The number of rotatable bonds is 8. The van der Waals surface area contributed by atoms with Crippen LogP contribution in [0.5, 0.6) is 5.75 Å². The standard InChI is InChI=1S/C19H31N3O3S/c1-25-19-10-8-17(9-11-19)5-4-12-21-13-15-22(16-14-21)26(23,24)20-18-6-2-3-7-18/h8-11,18,20H,2-7,12-16H2,1H3. The van der Waals surface area contributed by atoms with Gasteiger partial charge in [0.15, 0.2) is 0 Å². The summed E-state index contributed by atoms with van der Waals surface area (Å²) in [6.45, 7) is 3.81. The predicted molar refractivity (Wildman–Crippen MR) is 104 cm³/mol. The van der Waals surface area contributed by atoms with Crippen molar-refractivity contribution in [2.75, 3.05) is 39.8 Å². The maximum Gasteiger partial charge on any atom is 0.279 e. The van der Waals surface area contributed by atoms with Crippen molar-refractivity contribution in [3.05, 3.63) is 29.8 Å². The van der Waals surface area contributed by atoms with Crippen LogP contribution in [0.3, 0.4) is 0 Å². The molecule has 1 N–H and O–H groups in total. The van der Waals surface area contributed by atoms with Crippen molar-refractivity contribution < 1.29 is 13.2 Å². The van der Waals surface area contributed by atoms with E-state index in [1.165, 1.54) is 5.56 Å². The second kappa shape index (κ2) is 9.17. The van der Waals surface area contributed by atoms with E-state index in [-0.39, 0.29) is 6.04 Å². The molecule has 1 aromatic rings. The van der Waals surface area contributed by atoms with Gasteiger partial charge in [0.2, 0.25) is 0 Å². The van der Waals surface area contributed by atoms with Gasteiger partial charge in [0.1, 0.15) is 5.75 Å². The molecular weight excluding hydrogens is 350 g/mol. The van der Waals surface area contributed by atoms with Crippen LogP contribution in [0.2, 0.25) is 0 Å². The zero-order valence-corrected chi connectivity index (χ0v) is 16.5. The second-order valence-electron chi connectivity index (χ2n) is 7.30. The molecule has 0 aromatic heterocycles. The maximum absolute atomic E-state index is 12.5. The Kier molecular flexibility index (Phi) is 6.92. The minimum Gasteiger partial charge on any atom is -0.497 e. The van der Waals surface area contributed by atoms with Crippen LogP contribution >= 0.6 is 0 Å². The smallest absolute Gasteiger partial charge is 0.279 e. The fourth-order valence-electron chi connectivity index (χ4n) is 3.82. The molecule has 3 rings (SSSR count). The monoisotopic (exact) mass is 381 g/mol. The van der Waals surface area contributed by atoms with Crippen LogP contribution < -0.4 is 9.46 Å². The van der Waals surface area contributed by atoms with E-state index in [0.29, 0.717) is 13.1 Å². The molecule has 2 fully saturated rings. The largest absolute Gasteiger partial charge is 0.497 e. The maximum atomic E-state index is 12.5. The SMILES string of the molecule is COc1ccc(CCCN2CCN(S(=O)(=O)NC3CCCC3)CC2)cc1. The molecular formula is C19H31N3O3S. The number of piperazine rings is 1. The molecule has 2 aliphatic rings. The number of ether oxygens (including phenoxy) is 1. The van der Waals surface area contributed by atoms with E-state index in [2.05, 4.69) is 21.8 Å². The lowest BCUT2D eigenvalue weighted by Crippen LogP contribution is -2.53. The summed E-state index contributed by atoms with van der Waals surface area (Å²) >= 11 is 0. The molecule has 6 nitrogen and oxygen atoms in total. The van der Waals surface area contributed by atoms with E-state index >= 15 is 0 Å². The summed E-state index contributed by atoms with van der Waals surface area (Å²) in [5.41, 5.74) is 1.31. The summed E-state index contributed by atoms with van der Waals surface area (Å²) in [6, 6.07) is 8.35. The highest BCUT2D eigenvalue weighted by Crippen LogP contribution is 2.19. The van der Waals surface area contributed by atoms with Gasteiger partial charge in [0.25, 0.3) is 10.2 Å². The van der Waals surface area contributed by atoms with Crippen LogP contribution in [0.25, 0.3) is 0 Å². The lowest BCUT2D eigenvalue weighted by atomic mass is 10.1. The van der Waals surface area contributed by atoms with Gasteiger partial charge >= 0.3 is 0 Å². The Morgan fingerprint density at radius 2 is 1.73 bits per heavy atom. The van der Waals surface area contributed by atoms with Gasteiger partial charge in [-0.1, -0.05) is 25.0 Å². The summed E-state index contributed by atoms with van der Waals surface area (Å²) in [5, 5.41) is 0.